The van der Waals surface area contributed by atoms with Gasteiger partial charge in [-0.05, 0) is 96.8 Å². The number of carbonyl (C=O) groups excluding carboxylic acids is 3. The van der Waals surface area contributed by atoms with Gasteiger partial charge in [-0.2, -0.15) is 9.58 Å². The SMILES string of the molecule is C=CCN1CCCC[C@H]1[C@@H](NC(=O)Nc1ccc2c(c1)c(N(C(=O)OC(C)(C)C)C(=O)OC(C)(C)C)nn2C(=O)O)c1ccc(Cl)c(Cl)c1. The monoisotopic (exact) mass is 716 g/mol. The minimum Gasteiger partial charge on any atom is -0.463 e. The van der Waals surface area contributed by atoms with E-state index in [0.29, 0.717) is 26.2 Å². The first-order valence-electron chi connectivity index (χ1n) is 15.8. The number of hydrogen-bond donors (Lipinski definition) is 3. The molecular formula is C34H42Cl2N6O7. The van der Waals surface area contributed by atoms with E-state index in [0.717, 1.165) is 31.4 Å². The number of nitrogens with zero attached hydrogens (tertiary/aromatic N) is 4. The second-order valence-electron chi connectivity index (χ2n) is 13.6. The summed E-state index contributed by atoms with van der Waals surface area (Å²) >= 11 is 12.6. The summed E-state index contributed by atoms with van der Waals surface area (Å²) in [5.41, 5.74) is -1.00. The molecule has 1 saturated heterocycles. The topological polar surface area (TPSA) is 155 Å². The van der Waals surface area contributed by atoms with Crippen molar-refractivity contribution in [2.24, 2.45) is 0 Å². The fourth-order valence-corrected chi connectivity index (χ4v) is 5.86. The molecule has 4 rings (SSSR count). The van der Waals surface area contributed by atoms with E-state index < -0.39 is 41.6 Å². The molecule has 0 saturated carbocycles. The normalized spacial score (nSPS) is 16.0. The van der Waals surface area contributed by atoms with E-state index in [2.05, 4.69) is 27.2 Å². The lowest BCUT2D eigenvalue weighted by molar-refractivity contribution is 0.0428. The average Bonchev–Trinajstić information content (AvgIpc) is 3.35. The van der Waals surface area contributed by atoms with Gasteiger partial charge in [0.05, 0.1) is 21.6 Å². The summed E-state index contributed by atoms with van der Waals surface area (Å²) in [5.74, 6) is -0.360. The van der Waals surface area contributed by atoms with Crippen LogP contribution < -0.4 is 15.5 Å². The standard InChI is InChI=1S/C34H42Cl2N6O7/c1-8-16-40-17-10-9-11-26(40)27(20-12-14-23(35)24(36)18-20)38-29(43)37-21-13-15-25-22(19-21)28(39-42(25)30(44)45)41(31(46)48-33(2,3)4)32(47)49-34(5,6)7/h8,12-15,18-19,26-27H,1,9-11,16-17H2,2-7H3,(H,44,45)(H2,37,38,43)/t26-,27-/m0/s1. The van der Waals surface area contributed by atoms with Crippen LogP contribution in [0.4, 0.5) is 30.7 Å². The molecule has 3 aromatic rings. The van der Waals surface area contributed by atoms with Crippen molar-refractivity contribution in [2.45, 2.75) is 84.1 Å². The van der Waals surface area contributed by atoms with Crippen molar-refractivity contribution < 1.29 is 33.8 Å². The molecule has 0 unspecified atom stereocenters. The Hall–Kier alpha value is -4.33. The predicted molar refractivity (Wildman–Crippen MR) is 189 cm³/mol. The fourth-order valence-electron chi connectivity index (χ4n) is 5.56. The van der Waals surface area contributed by atoms with Crippen LogP contribution in [0.15, 0.2) is 49.1 Å². The van der Waals surface area contributed by atoms with Gasteiger partial charge in [-0.1, -0.05) is 41.8 Å². The summed E-state index contributed by atoms with van der Waals surface area (Å²) in [6, 6.07) is 8.41. The molecule has 0 aliphatic carbocycles. The highest BCUT2D eigenvalue weighted by molar-refractivity contribution is 6.42. The van der Waals surface area contributed by atoms with Gasteiger partial charge in [0.15, 0.2) is 5.82 Å². The molecule has 1 aliphatic heterocycles. The van der Waals surface area contributed by atoms with Crippen LogP contribution in [0.1, 0.15) is 72.4 Å². The number of imide groups is 1. The summed E-state index contributed by atoms with van der Waals surface area (Å²) < 4.78 is 11.6. The van der Waals surface area contributed by atoms with Crippen LogP contribution in [0.25, 0.3) is 10.9 Å². The van der Waals surface area contributed by atoms with Crippen LogP contribution in [0, 0.1) is 0 Å². The van der Waals surface area contributed by atoms with E-state index in [4.69, 9.17) is 32.7 Å². The number of anilines is 2. The van der Waals surface area contributed by atoms with Gasteiger partial charge in [-0.25, -0.2) is 19.2 Å². The van der Waals surface area contributed by atoms with Crippen LogP contribution in [0.3, 0.4) is 0 Å². The van der Waals surface area contributed by atoms with E-state index in [9.17, 15) is 24.3 Å². The number of carbonyl (C=O) groups is 4. The summed E-state index contributed by atoms with van der Waals surface area (Å²) in [6.07, 6.45) is 0.898. The first kappa shape index (κ1) is 37.5. The molecule has 15 heteroatoms. The first-order valence-corrected chi connectivity index (χ1v) is 16.5. The number of fused-ring (bicyclic) bond motifs is 1. The zero-order valence-corrected chi connectivity index (χ0v) is 29.9. The number of nitrogens with one attached hydrogen (secondary N) is 2. The second-order valence-corrected chi connectivity index (χ2v) is 14.5. The highest BCUT2D eigenvalue weighted by atomic mass is 35.5. The van der Waals surface area contributed by atoms with Gasteiger partial charge in [0.1, 0.15) is 11.2 Å². The van der Waals surface area contributed by atoms with Gasteiger partial charge in [0, 0.05) is 23.7 Å². The highest BCUT2D eigenvalue weighted by Crippen LogP contribution is 2.34. The third kappa shape index (κ3) is 9.43. The number of likely N-dealkylation sites (tertiary alicyclic amines) is 1. The number of amides is 4. The van der Waals surface area contributed by atoms with Crippen molar-refractivity contribution in [1.29, 1.82) is 0 Å². The maximum atomic E-state index is 13.7. The Balaban J connectivity index is 1.74. The number of ether oxygens (including phenoxy) is 2. The molecule has 2 atom stereocenters. The number of urea groups is 1. The maximum absolute atomic E-state index is 13.7. The van der Waals surface area contributed by atoms with Crippen LogP contribution in [-0.4, -0.2) is 74.4 Å². The van der Waals surface area contributed by atoms with Crippen molar-refractivity contribution in [3.8, 4) is 0 Å². The molecule has 4 amide bonds. The maximum Gasteiger partial charge on any atom is 0.432 e. The Morgan fingerprint density at radius 3 is 2.24 bits per heavy atom. The number of piperidine rings is 1. The quantitative estimate of drug-likeness (QED) is 0.204. The van der Waals surface area contributed by atoms with E-state index in [1.54, 1.807) is 53.7 Å². The number of aromatic nitrogens is 2. The molecule has 0 spiro atoms. The third-order valence-electron chi connectivity index (χ3n) is 7.47. The molecule has 0 radical (unpaired) electrons. The van der Waals surface area contributed by atoms with Gasteiger partial charge in [-0.15, -0.1) is 11.7 Å². The smallest absolute Gasteiger partial charge is 0.432 e. The lowest BCUT2D eigenvalue weighted by Crippen LogP contribution is -2.49. The average molecular weight is 718 g/mol. The zero-order chi connectivity index (χ0) is 36.3. The number of rotatable bonds is 7. The van der Waals surface area contributed by atoms with E-state index in [1.807, 2.05) is 12.1 Å². The molecular weight excluding hydrogens is 675 g/mol. The first-order chi connectivity index (χ1) is 22.9. The summed E-state index contributed by atoms with van der Waals surface area (Å²) in [6.45, 7) is 15.0. The van der Waals surface area contributed by atoms with Crippen molar-refractivity contribution in [3.05, 3.63) is 64.7 Å². The summed E-state index contributed by atoms with van der Waals surface area (Å²) in [7, 11) is 0. The lowest BCUT2D eigenvalue weighted by atomic mass is 9.90. The molecule has 264 valence electrons. The van der Waals surface area contributed by atoms with Gasteiger partial charge >= 0.3 is 24.3 Å². The van der Waals surface area contributed by atoms with E-state index >= 15 is 0 Å². The second kappa shape index (κ2) is 15.1. The van der Waals surface area contributed by atoms with Crippen LogP contribution >= 0.6 is 23.2 Å². The van der Waals surface area contributed by atoms with Gasteiger partial charge in [-0.3, -0.25) is 4.90 Å². The lowest BCUT2D eigenvalue weighted by Gasteiger charge is -2.40. The number of benzene rings is 2. The van der Waals surface area contributed by atoms with E-state index in [1.165, 1.54) is 18.2 Å². The van der Waals surface area contributed by atoms with Crippen LogP contribution in [0.2, 0.25) is 10.0 Å². The molecule has 3 N–H and O–H groups in total. The number of carboxylic acid groups (broad SMARTS) is 1. The fraction of sp³-hybridized carbons (Fsp3) is 0.441. The minimum absolute atomic E-state index is 0.0431. The Bertz CT molecular complexity index is 1720. The molecule has 13 nitrogen and oxygen atoms in total. The van der Waals surface area contributed by atoms with E-state index in [-0.39, 0.29) is 28.5 Å². The molecule has 2 aromatic carbocycles. The Labute approximate surface area is 295 Å². The molecule has 49 heavy (non-hydrogen) atoms. The predicted octanol–water partition coefficient (Wildman–Crippen LogP) is 8.45. The Kier molecular flexibility index (Phi) is 11.5. The molecule has 2 heterocycles. The van der Waals surface area contributed by atoms with Crippen molar-refractivity contribution in [2.75, 3.05) is 23.3 Å². The Morgan fingerprint density at radius 2 is 1.67 bits per heavy atom. The number of halogens is 2. The zero-order valence-electron chi connectivity index (χ0n) is 28.4. The van der Waals surface area contributed by atoms with Crippen LogP contribution in [0.5, 0.6) is 0 Å². The van der Waals surface area contributed by atoms with Gasteiger partial charge < -0.3 is 25.2 Å². The third-order valence-corrected chi connectivity index (χ3v) is 8.20. The van der Waals surface area contributed by atoms with Gasteiger partial charge in [0.2, 0.25) is 0 Å². The minimum atomic E-state index is -1.47. The van der Waals surface area contributed by atoms with Gasteiger partial charge in [0.25, 0.3) is 0 Å². The molecule has 1 aromatic heterocycles. The Morgan fingerprint density at radius 1 is 1.02 bits per heavy atom. The van der Waals surface area contributed by atoms with Crippen molar-refractivity contribution in [3.63, 3.8) is 0 Å². The summed E-state index contributed by atoms with van der Waals surface area (Å²) in [5, 5.41) is 20.7. The van der Waals surface area contributed by atoms with Crippen molar-refractivity contribution in [1.82, 2.24) is 20.0 Å². The largest absolute Gasteiger partial charge is 0.463 e. The summed E-state index contributed by atoms with van der Waals surface area (Å²) in [4.78, 5) is 55.4. The van der Waals surface area contributed by atoms with Crippen molar-refractivity contribution >= 4 is 69.9 Å². The highest BCUT2D eigenvalue weighted by Gasteiger charge is 2.37. The molecule has 1 aliphatic rings. The number of hydrogen-bond acceptors (Lipinski definition) is 8. The molecule has 1 fully saturated rings. The molecule has 0 bridgehead atoms. The van der Waals surface area contributed by atoms with Crippen LogP contribution in [-0.2, 0) is 9.47 Å².